The summed E-state index contributed by atoms with van der Waals surface area (Å²) in [4.78, 5) is 24.2. The molecule has 0 aliphatic rings. The van der Waals surface area contributed by atoms with Gasteiger partial charge < -0.3 is 15.4 Å². The molecule has 0 radical (unpaired) electrons. The second kappa shape index (κ2) is 7.17. The van der Waals surface area contributed by atoms with E-state index in [1.54, 1.807) is 17.8 Å². The highest BCUT2D eigenvalue weighted by molar-refractivity contribution is 7.07. The lowest BCUT2D eigenvalue weighted by Gasteiger charge is -2.19. The van der Waals surface area contributed by atoms with E-state index in [0.29, 0.717) is 19.0 Å². The first-order chi connectivity index (χ1) is 10.4. The zero-order valence-electron chi connectivity index (χ0n) is 12.8. The van der Waals surface area contributed by atoms with E-state index in [9.17, 15) is 4.79 Å². The van der Waals surface area contributed by atoms with Gasteiger partial charge in [0.05, 0.1) is 16.9 Å². The minimum absolute atomic E-state index is 0.416. The van der Waals surface area contributed by atoms with Gasteiger partial charge in [-0.3, -0.25) is 0 Å². The maximum atomic E-state index is 11.5. The Labute approximate surface area is 133 Å². The van der Waals surface area contributed by atoms with Crippen molar-refractivity contribution in [3.8, 4) is 11.4 Å². The fourth-order valence-corrected chi connectivity index (χ4v) is 2.12. The minimum Gasteiger partial charge on any atom is -0.444 e. The Morgan fingerprint density at radius 3 is 2.77 bits per heavy atom. The van der Waals surface area contributed by atoms with Gasteiger partial charge in [0, 0.05) is 24.7 Å². The van der Waals surface area contributed by atoms with Crippen molar-refractivity contribution in [2.45, 2.75) is 26.4 Å². The number of thiazole rings is 1. The number of rotatable bonds is 5. The molecule has 0 aromatic carbocycles. The first-order valence-electron chi connectivity index (χ1n) is 6.86. The molecule has 1 amide bonds. The fraction of sp³-hybridized carbons (Fsp3) is 0.429. The average molecular weight is 321 g/mol. The van der Waals surface area contributed by atoms with Crippen molar-refractivity contribution in [2.75, 3.05) is 18.4 Å². The Morgan fingerprint density at radius 1 is 1.27 bits per heavy atom. The molecule has 0 fully saturated rings. The van der Waals surface area contributed by atoms with Crippen molar-refractivity contribution in [1.29, 1.82) is 0 Å². The van der Waals surface area contributed by atoms with Crippen molar-refractivity contribution in [1.82, 2.24) is 20.3 Å². The Bertz CT molecular complexity index is 610. The summed E-state index contributed by atoms with van der Waals surface area (Å²) in [5.74, 6) is 0.497. The van der Waals surface area contributed by atoms with Gasteiger partial charge in [-0.25, -0.2) is 19.7 Å². The van der Waals surface area contributed by atoms with Crippen LogP contribution < -0.4 is 10.6 Å². The Hall–Kier alpha value is -2.22. The lowest BCUT2D eigenvalue weighted by atomic mass is 10.2. The summed E-state index contributed by atoms with van der Waals surface area (Å²) in [6, 6.07) is 1.80. The van der Waals surface area contributed by atoms with Crippen LogP contribution in [0.4, 0.5) is 10.7 Å². The highest BCUT2D eigenvalue weighted by Crippen LogP contribution is 2.16. The van der Waals surface area contributed by atoms with E-state index < -0.39 is 11.7 Å². The van der Waals surface area contributed by atoms with Crippen LogP contribution in [0.1, 0.15) is 20.8 Å². The summed E-state index contributed by atoms with van der Waals surface area (Å²) in [7, 11) is 0. The lowest BCUT2D eigenvalue weighted by molar-refractivity contribution is 0.0530. The number of anilines is 1. The zero-order valence-corrected chi connectivity index (χ0v) is 13.6. The third-order valence-corrected chi connectivity index (χ3v) is 3.01. The van der Waals surface area contributed by atoms with E-state index in [1.165, 1.54) is 11.3 Å². The Morgan fingerprint density at radius 2 is 2.09 bits per heavy atom. The Balaban J connectivity index is 1.78. The number of alkyl carbamates (subject to hydrolysis) is 1. The van der Waals surface area contributed by atoms with Gasteiger partial charge in [0.2, 0.25) is 5.95 Å². The van der Waals surface area contributed by atoms with E-state index in [2.05, 4.69) is 25.6 Å². The van der Waals surface area contributed by atoms with Gasteiger partial charge in [-0.05, 0) is 26.8 Å². The van der Waals surface area contributed by atoms with Crippen molar-refractivity contribution < 1.29 is 9.53 Å². The monoisotopic (exact) mass is 321 g/mol. The number of ether oxygens (including phenoxy) is 1. The molecule has 0 saturated heterocycles. The maximum absolute atomic E-state index is 11.5. The van der Waals surface area contributed by atoms with Crippen LogP contribution in [0.5, 0.6) is 0 Å². The van der Waals surface area contributed by atoms with Crippen LogP contribution in [0.15, 0.2) is 23.2 Å². The van der Waals surface area contributed by atoms with Crippen molar-refractivity contribution in [2.24, 2.45) is 0 Å². The van der Waals surface area contributed by atoms with E-state index in [1.807, 2.05) is 26.2 Å². The molecule has 7 nitrogen and oxygen atoms in total. The molecule has 2 rings (SSSR count). The summed E-state index contributed by atoms with van der Waals surface area (Å²) < 4.78 is 5.14. The molecule has 0 saturated carbocycles. The first kappa shape index (κ1) is 16.2. The predicted molar refractivity (Wildman–Crippen MR) is 85.9 cm³/mol. The average Bonchev–Trinajstić information content (AvgIpc) is 2.96. The molecule has 0 spiro atoms. The van der Waals surface area contributed by atoms with Gasteiger partial charge in [-0.1, -0.05) is 0 Å². The number of carbonyl (C=O) groups excluding carboxylic acids is 1. The van der Waals surface area contributed by atoms with Gasteiger partial charge >= 0.3 is 6.09 Å². The normalized spacial score (nSPS) is 11.0. The third-order valence-electron chi connectivity index (χ3n) is 2.43. The standard InChI is InChI=1S/C14H19N5O2S/c1-14(2,3)21-13(20)17-7-6-16-12-15-5-4-10(19-12)11-8-22-9-18-11/h4-5,8-9H,6-7H2,1-3H3,(H,17,20)(H,15,16,19). The first-order valence-corrected chi connectivity index (χ1v) is 7.81. The van der Waals surface area contributed by atoms with Crippen LogP contribution in [0.2, 0.25) is 0 Å². The molecule has 118 valence electrons. The van der Waals surface area contributed by atoms with Crippen molar-refractivity contribution in [3.63, 3.8) is 0 Å². The highest BCUT2D eigenvalue weighted by Gasteiger charge is 2.15. The van der Waals surface area contributed by atoms with Gasteiger partial charge in [0.1, 0.15) is 5.60 Å². The summed E-state index contributed by atoms with van der Waals surface area (Å²) in [5.41, 5.74) is 2.85. The number of carbonyl (C=O) groups is 1. The molecule has 2 heterocycles. The number of hydrogen-bond donors (Lipinski definition) is 2. The van der Waals surface area contributed by atoms with Gasteiger partial charge in [-0.2, -0.15) is 0 Å². The molecule has 2 aromatic rings. The molecule has 0 atom stereocenters. The number of aromatic nitrogens is 3. The fourth-order valence-electron chi connectivity index (χ4n) is 1.58. The third kappa shape index (κ3) is 5.28. The molecule has 2 N–H and O–H groups in total. The Kier molecular flexibility index (Phi) is 5.26. The van der Waals surface area contributed by atoms with E-state index in [-0.39, 0.29) is 0 Å². The number of hydrogen-bond acceptors (Lipinski definition) is 7. The number of nitrogens with one attached hydrogen (secondary N) is 2. The SMILES string of the molecule is CC(C)(C)OC(=O)NCCNc1nccc(-c2cscn2)n1. The second-order valence-electron chi connectivity index (χ2n) is 5.49. The quantitative estimate of drug-likeness (QED) is 0.823. The molecule has 2 aromatic heterocycles. The molecule has 0 unspecified atom stereocenters. The topological polar surface area (TPSA) is 89.0 Å². The smallest absolute Gasteiger partial charge is 0.407 e. The van der Waals surface area contributed by atoms with Crippen molar-refractivity contribution >= 4 is 23.4 Å². The van der Waals surface area contributed by atoms with Crippen LogP contribution in [-0.4, -0.2) is 39.7 Å². The van der Waals surface area contributed by atoms with Crippen LogP contribution in [0, 0.1) is 0 Å². The largest absolute Gasteiger partial charge is 0.444 e. The second-order valence-corrected chi connectivity index (χ2v) is 6.21. The van der Waals surface area contributed by atoms with Gasteiger partial charge in [0.15, 0.2) is 0 Å². The van der Waals surface area contributed by atoms with Crippen LogP contribution in [0.25, 0.3) is 11.4 Å². The summed E-state index contributed by atoms with van der Waals surface area (Å²) in [5, 5.41) is 7.64. The molecular formula is C14H19N5O2S. The van der Waals surface area contributed by atoms with Crippen LogP contribution in [0.3, 0.4) is 0 Å². The zero-order chi connectivity index (χ0) is 16.0. The van der Waals surface area contributed by atoms with Crippen molar-refractivity contribution in [3.05, 3.63) is 23.2 Å². The predicted octanol–water partition coefficient (Wildman–Crippen LogP) is 2.54. The molecular weight excluding hydrogens is 302 g/mol. The summed E-state index contributed by atoms with van der Waals surface area (Å²) >= 11 is 1.52. The van der Waals surface area contributed by atoms with E-state index in [0.717, 1.165) is 11.4 Å². The van der Waals surface area contributed by atoms with Crippen LogP contribution in [-0.2, 0) is 4.74 Å². The number of nitrogens with zero attached hydrogens (tertiary/aromatic N) is 3. The number of amides is 1. The van der Waals surface area contributed by atoms with E-state index in [4.69, 9.17) is 4.74 Å². The van der Waals surface area contributed by atoms with Gasteiger partial charge in [-0.15, -0.1) is 11.3 Å². The molecule has 0 aliphatic carbocycles. The maximum Gasteiger partial charge on any atom is 0.407 e. The minimum atomic E-state index is -0.498. The molecule has 8 heteroatoms. The lowest BCUT2D eigenvalue weighted by Crippen LogP contribution is -2.35. The van der Waals surface area contributed by atoms with Crippen LogP contribution >= 0.6 is 11.3 Å². The molecule has 0 aliphatic heterocycles. The molecule has 22 heavy (non-hydrogen) atoms. The van der Waals surface area contributed by atoms with E-state index >= 15 is 0 Å². The highest BCUT2D eigenvalue weighted by atomic mass is 32.1. The van der Waals surface area contributed by atoms with Gasteiger partial charge in [0.25, 0.3) is 0 Å². The molecule has 0 bridgehead atoms. The summed E-state index contributed by atoms with van der Waals surface area (Å²) in [6.45, 7) is 6.38. The summed E-state index contributed by atoms with van der Waals surface area (Å²) in [6.07, 6.45) is 1.23.